The van der Waals surface area contributed by atoms with Gasteiger partial charge >= 0.3 is 0 Å². The summed E-state index contributed by atoms with van der Waals surface area (Å²) in [5.41, 5.74) is 0.625. The van der Waals surface area contributed by atoms with Gasteiger partial charge in [0.05, 0.1) is 0 Å². The molecule has 1 heterocycles. The summed E-state index contributed by atoms with van der Waals surface area (Å²) in [5.74, 6) is 1.79. The first-order chi connectivity index (χ1) is 7.26. The maximum absolute atomic E-state index is 3.77. The fourth-order valence-electron chi connectivity index (χ4n) is 3.57. The topological polar surface area (TPSA) is 12.0 Å². The molecule has 1 atom stereocenters. The number of hydrogen-bond acceptors (Lipinski definition) is 1. The highest BCUT2D eigenvalue weighted by Gasteiger charge is 2.39. The van der Waals surface area contributed by atoms with Gasteiger partial charge in [0.25, 0.3) is 0 Å². The van der Waals surface area contributed by atoms with Crippen LogP contribution in [-0.4, -0.2) is 11.1 Å². The third kappa shape index (κ3) is 4.08. The van der Waals surface area contributed by atoms with Gasteiger partial charge in [0, 0.05) is 11.1 Å². The number of rotatable bonds is 4. The van der Waals surface area contributed by atoms with Crippen LogP contribution in [0, 0.1) is 11.8 Å². The lowest BCUT2D eigenvalue weighted by Gasteiger charge is -2.48. The van der Waals surface area contributed by atoms with Crippen molar-refractivity contribution in [3.8, 4) is 0 Å². The van der Waals surface area contributed by atoms with Crippen molar-refractivity contribution < 1.29 is 0 Å². The Bertz CT molecular complexity index is 201. The Morgan fingerprint density at radius 1 is 1.12 bits per heavy atom. The Kier molecular flexibility index (Phi) is 4.45. The van der Waals surface area contributed by atoms with E-state index in [1.54, 1.807) is 0 Å². The number of hydrogen-bond donors (Lipinski definition) is 1. The van der Waals surface area contributed by atoms with Crippen LogP contribution in [0.4, 0.5) is 0 Å². The predicted molar refractivity (Wildman–Crippen MR) is 72.7 cm³/mol. The molecule has 0 aromatic heterocycles. The van der Waals surface area contributed by atoms with E-state index in [-0.39, 0.29) is 0 Å². The van der Waals surface area contributed by atoms with Crippen LogP contribution in [-0.2, 0) is 0 Å². The molecule has 1 saturated heterocycles. The van der Waals surface area contributed by atoms with Crippen LogP contribution in [0.2, 0.25) is 0 Å². The van der Waals surface area contributed by atoms with Gasteiger partial charge in [-0.25, -0.2) is 0 Å². The van der Waals surface area contributed by atoms with E-state index in [4.69, 9.17) is 0 Å². The molecule has 1 heteroatoms. The molecule has 0 bridgehead atoms. The second-order valence-electron chi connectivity index (χ2n) is 7.18. The van der Waals surface area contributed by atoms with Crippen molar-refractivity contribution in [3.63, 3.8) is 0 Å². The molecule has 16 heavy (non-hydrogen) atoms. The minimum absolute atomic E-state index is 0.312. The van der Waals surface area contributed by atoms with Crippen LogP contribution in [0.1, 0.15) is 73.6 Å². The van der Waals surface area contributed by atoms with E-state index in [1.807, 2.05) is 0 Å². The lowest BCUT2D eigenvalue weighted by molar-refractivity contribution is 0.0940. The van der Waals surface area contributed by atoms with Gasteiger partial charge in [-0.3, -0.25) is 0 Å². The van der Waals surface area contributed by atoms with Crippen molar-refractivity contribution in [1.29, 1.82) is 0 Å². The summed E-state index contributed by atoms with van der Waals surface area (Å²) in [6.45, 7) is 14.2. The van der Waals surface area contributed by atoms with Crippen molar-refractivity contribution in [2.75, 3.05) is 0 Å². The minimum Gasteiger partial charge on any atom is -0.307 e. The second kappa shape index (κ2) is 5.08. The highest BCUT2D eigenvalue weighted by atomic mass is 15.0. The molecule has 0 aliphatic carbocycles. The Balaban J connectivity index is 2.59. The first-order valence-corrected chi connectivity index (χ1v) is 7.05. The van der Waals surface area contributed by atoms with Crippen molar-refractivity contribution in [1.82, 2.24) is 5.32 Å². The molecule has 96 valence electrons. The summed E-state index contributed by atoms with van der Waals surface area (Å²) >= 11 is 0. The number of nitrogens with one attached hydrogen (secondary N) is 1. The Hall–Kier alpha value is -0.0400. The van der Waals surface area contributed by atoms with Gasteiger partial charge in [0.1, 0.15) is 0 Å². The van der Waals surface area contributed by atoms with Crippen molar-refractivity contribution in [3.05, 3.63) is 0 Å². The molecule has 0 radical (unpaired) electrons. The van der Waals surface area contributed by atoms with Gasteiger partial charge in [-0.1, -0.05) is 33.1 Å². The molecule has 0 saturated carbocycles. The molecule has 1 N–H and O–H groups in total. The highest BCUT2D eigenvalue weighted by Crippen LogP contribution is 2.38. The zero-order valence-corrected chi connectivity index (χ0v) is 12.2. The Labute approximate surface area is 102 Å². The van der Waals surface area contributed by atoms with Gasteiger partial charge in [0.2, 0.25) is 0 Å². The first kappa shape index (κ1) is 14.0. The molecule has 0 aromatic carbocycles. The molecule has 1 unspecified atom stereocenters. The zero-order valence-electron chi connectivity index (χ0n) is 12.2. The van der Waals surface area contributed by atoms with Crippen LogP contribution >= 0.6 is 0 Å². The van der Waals surface area contributed by atoms with Gasteiger partial charge in [-0.05, 0) is 52.4 Å². The molecule has 1 fully saturated rings. The van der Waals surface area contributed by atoms with E-state index in [0.717, 1.165) is 11.8 Å². The Morgan fingerprint density at radius 3 is 2.06 bits per heavy atom. The smallest absolute Gasteiger partial charge is 0.0132 e. The van der Waals surface area contributed by atoms with E-state index >= 15 is 0 Å². The van der Waals surface area contributed by atoms with Crippen molar-refractivity contribution >= 4 is 0 Å². The normalized spacial score (nSPS) is 26.6. The highest BCUT2D eigenvalue weighted by molar-refractivity contribution is 4.97. The summed E-state index contributed by atoms with van der Waals surface area (Å²) in [7, 11) is 0. The average Bonchev–Trinajstić information content (AvgIpc) is 2.09. The van der Waals surface area contributed by atoms with E-state index in [1.165, 1.54) is 32.1 Å². The van der Waals surface area contributed by atoms with Crippen LogP contribution in [0.25, 0.3) is 0 Å². The summed E-state index contributed by atoms with van der Waals surface area (Å²) in [5, 5.41) is 3.77. The van der Waals surface area contributed by atoms with Crippen LogP contribution in [0.5, 0.6) is 0 Å². The van der Waals surface area contributed by atoms with Gasteiger partial charge in [-0.2, -0.15) is 0 Å². The maximum atomic E-state index is 3.77. The zero-order chi connectivity index (χ0) is 12.4. The van der Waals surface area contributed by atoms with E-state index in [9.17, 15) is 0 Å². The standard InChI is InChI=1S/C15H31N/c1-7-8-9-12(2)13-10-14(3,4)16-15(5,6)11-13/h12-13,16H,7-11H2,1-6H3. The minimum atomic E-state index is 0.312. The largest absolute Gasteiger partial charge is 0.307 e. The van der Waals surface area contributed by atoms with Gasteiger partial charge in [-0.15, -0.1) is 0 Å². The average molecular weight is 225 g/mol. The summed E-state index contributed by atoms with van der Waals surface area (Å²) in [6, 6.07) is 0. The van der Waals surface area contributed by atoms with Crippen molar-refractivity contribution in [2.24, 2.45) is 11.8 Å². The van der Waals surface area contributed by atoms with Crippen LogP contribution < -0.4 is 5.32 Å². The first-order valence-electron chi connectivity index (χ1n) is 7.05. The van der Waals surface area contributed by atoms with E-state index < -0.39 is 0 Å². The lowest BCUT2D eigenvalue weighted by atomic mass is 9.70. The number of unbranched alkanes of at least 4 members (excludes halogenated alkanes) is 1. The molecular weight excluding hydrogens is 194 g/mol. The van der Waals surface area contributed by atoms with Crippen LogP contribution in [0.15, 0.2) is 0 Å². The molecule has 0 spiro atoms. The van der Waals surface area contributed by atoms with Crippen LogP contribution in [0.3, 0.4) is 0 Å². The second-order valence-corrected chi connectivity index (χ2v) is 7.18. The summed E-state index contributed by atoms with van der Waals surface area (Å²) < 4.78 is 0. The third-order valence-electron chi connectivity index (χ3n) is 4.04. The van der Waals surface area contributed by atoms with Crippen molar-refractivity contribution in [2.45, 2.75) is 84.7 Å². The molecule has 1 aliphatic rings. The maximum Gasteiger partial charge on any atom is 0.0132 e. The molecule has 1 aliphatic heterocycles. The fourth-order valence-corrected chi connectivity index (χ4v) is 3.57. The predicted octanol–water partition coefficient (Wildman–Crippen LogP) is 4.37. The third-order valence-corrected chi connectivity index (χ3v) is 4.04. The molecule has 1 nitrogen and oxygen atoms in total. The summed E-state index contributed by atoms with van der Waals surface area (Å²) in [4.78, 5) is 0. The quantitative estimate of drug-likeness (QED) is 0.749. The molecule has 0 amide bonds. The van der Waals surface area contributed by atoms with E-state index in [2.05, 4.69) is 46.9 Å². The molecule has 1 rings (SSSR count). The summed E-state index contributed by atoms with van der Waals surface area (Å²) in [6.07, 6.45) is 6.81. The number of piperidine rings is 1. The van der Waals surface area contributed by atoms with E-state index in [0.29, 0.717) is 11.1 Å². The Morgan fingerprint density at radius 2 is 1.62 bits per heavy atom. The van der Waals surface area contributed by atoms with Gasteiger partial charge < -0.3 is 5.32 Å². The molecule has 0 aromatic rings. The monoisotopic (exact) mass is 225 g/mol. The molecular formula is C15H31N. The fraction of sp³-hybridized carbons (Fsp3) is 1.00. The van der Waals surface area contributed by atoms with Gasteiger partial charge in [0.15, 0.2) is 0 Å². The SMILES string of the molecule is CCCCC(C)C1CC(C)(C)NC(C)(C)C1. The lowest BCUT2D eigenvalue weighted by Crippen LogP contribution is -2.58.